The number of para-hydroxylation sites is 1. The van der Waals surface area contributed by atoms with Crippen LogP contribution in [0.15, 0.2) is 67.1 Å². The molecule has 4 aromatic rings. The molecule has 0 fully saturated rings. The van der Waals surface area contributed by atoms with E-state index in [2.05, 4.69) is 20.4 Å². The monoisotopic (exact) mass is 402 g/mol. The molecule has 1 unspecified atom stereocenters. The van der Waals surface area contributed by atoms with Gasteiger partial charge in [0.15, 0.2) is 5.82 Å². The summed E-state index contributed by atoms with van der Waals surface area (Å²) in [5, 5.41) is 7.64. The first-order valence-corrected chi connectivity index (χ1v) is 9.19. The Kier molecular flexibility index (Phi) is 5.08. The maximum atomic E-state index is 12.9. The van der Waals surface area contributed by atoms with Gasteiger partial charge in [-0.3, -0.25) is 14.4 Å². The molecule has 9 heteroatoms. The zero-order valence-electron chi connectivity index (χ0n) is 15.8. The number of H-pyrrole nitrogens is 1. The molecule has 1 aromatic carbocycles. The van der Waals surface area contributed by atoms with Gasteiger partial charge in [0.05, 0.1) is 6.20 Å². The molecule has 150 valence electrons. The molecule has 4 N–H and O–H groups in total. The molecule has 4 rings (SSSR count). The highest BCUT2D eigenvalue weighted by atomic mass is 16.2. The standard InChI is InChI=1S/C21H18N6O3/c22-20(29)19(28)16(11-13-12-24-15-6-2-1-5-14(13)15)26-21(30)17-8-10-25-27(17)18-7-3-4-9-23-18/h1-10,12,16,24H,11H2,(H2,22,29)(H,26,30). The van der Waals surface area contributed by atoms with E-state index in [1.54, 1.807) is 30.6 Å². The average molecular weight is 402 g/mol. The van der Waals surface area contributed by atoms with E-state index >= 15 is 0 Å². The van der Waals surface area contributed by atoms with Crippen LogP contribution in [0, 0.1) is 0 Å². The van der Waals surface area contributed by atoms with Crippen LogP contribution >= 0.6 is 0 Å². The van der Waals surface area contributed by atoms with E-state index in [1.165, 1.54) is 16.9 Å². The Morgan fingerprint density at radius 1 is 1.07 bits per heavy atom. The number of aromatic amines is 1. The number of benzene rings is 1. The summed E-state index contributed by atoms with van der Waals surface area (Å²) in [6.45, 7) is 0. The third kappa shape index (κ3) is 3.68. The molecule has 3 heterocycles. The van der Waals surface area contributed by atoms with Gasteiger partial charge in [0.1, 0.15) is 11.7 Å². The van der Waals surface area contributed by atoms with Crippen molar-refractivity contribution in [2.75, 3.05) is 0 Å². The Morgan fingerprint density at radius 3 is 2.63 bits per heavy atom. The number of Topliss-reactive ketones (excluding diaryl/α,β-unsaturated/α-hetero) is 1. The van der Waals surface area contributed by atoms with Gasteiger partial charge in [-0.2, -0.15) is 5.10 Å². The second-order valence-electron chi connectivity index (χ2n) is 6.63. The Hall–Kier alpha value is -4.27. The third-order valence-electron chi connectivity index (χ3n) is 4.71. The van der Waals surface area contributed by atoms with Gasteiger partial charge in [-0.25, -0.2) is 9.67 Å². The number of primary amides is 1. The fraction of sp³-hybridized carbons (Fsp3) is 0.0952. The molecule has 30 heavy (non-hydrogen) atoms. The molecule has 0 saturated carbocycles. The largest absolute Gasteiger partial charge is 0.363 e. The van der Waals surface area contributed by atoms with E-state index in [1.807, 2.05) is 24.3 Å². The Morgan fingerprint density at radius 2 is 1.87 bits per heavy atom. The predicted molar refractivity (Wildman–Crippen MR) is 109 cm³/mol. The lowest BCUT2D eigenvalue weighted by Gasteiger charge is -2.16. The van der Waals surface area contributed by atoms with Gasteiger partial charge in [-0.1, -0.05) is 24.3 Å². The van der Waals surface area contributed by atoms with Gasteiger partial charge >= 0.3 is 0 Å². The molecular formula is C21H18N6O3. The second kappa shape index (κ2) is 8.00. The molecule has 0 aliphatic carbocycles. The fourth-order valence-corrected chi connectivity index (χ4v) is 3.27. The number of aromatic nitrogens is 4. The Labute approximate surface area is 170 Å². The highest BCUT2D eigenvalue weighted by Crippen LogP contribution is 2.19. The smallest absolute Gasteiger partial charge is 0.287 e. The van der Waals surface area contributed by atoms with E-state index in [0.29, 0.717) is 5.82 Å². The lowest BCUT2D eigenvalue weighted by Crippen LogP contribution is -2.47. The van der Waals surface area contributed by atoms with Crippen LogP contribution in [0.5, 0.6) is 0 Å². The van der Waals surface area contributed by atoms with Crippen molar-refractivity contribution in [1.82, 2.24) is 25.1 Å². The minimum atomic E-state index is -1.12. The van der Waals surface area contributed by atoms with Crippen LogP contribution in [0.2, 0.25) is 0 Å². The summed E-state index contributed by atoms with van der Waals surface area (Å²) in [6.07, 6.45) is 4.88. The fourth-order valence-electron chi connectivity index (χ4n) is 3.27. The van der Waals surface area contributed by atoms with Crippen LogP contribution in [0.1, 0.15) is 16.1 Å². The molecule has 0 bridgehead atoms. The van der Waals surface area contributed by atoms with Crippen LogP contribution in [-0.2, 0) is 16.0 Å². The summed E-state index contributed by atoms with van der Waals surface area (Å²) in [5.74, 6) is -2.12. The molecule has 9 nitrogen and oxygen atoms in total. The first-order chi connectivity index (χ1) is 14.5. The van der Waals surface area contributed by atoms with Crippen molar-refractivity contribution in [3.63, 3.8) is 0 Å². The summed E-state index contributed by atoms with van der Waals surface area (Å²) in [4.78, 5) is 44.2. The number of hydrogen-bond donors (Lipinski definition) is 3. The summed E-state index contributed by atoms with van der Waals surface area (Å²) < 4.78 is 1.35. The van der Waals surface area contributed by atoms with Crippen molar-refractivity contribution >= 4 is 28.5 Å². The normalized spacial score (nSPS) is 11.9. The number of rotatable bonds is 7. The summed E-state index contributed by atoms with van der Waals surface area (Å²) in [6, 6.07) is 13.1. The van der Waals surface area contributed by atoms with E-state index in [4.69, 9.17) is 5.73 Å². The lowest BCUT2D eigenvalue weighted by atomic mass is 10.0. The van der Waals surface area contributed by atoms with Crippen LogP contribution in [0.25, 0.3) is 16.7 Å². The zero-order chi connectivity index (χ0) is 21.1. The molecular weight excluding hydrogens is 384 g/mol. The number of amides is 2. The minimum Gasteiger partial charge on any atom is -0.363 e. The van der Waals surface area contributed by atoms with E-state index in [9.17, 15) is 14.4 Å². The van der Waals surface area contributed by atoms with Crippen LogP contribution in [0.4, 0.5) is 0 Å². The maximum Gasteiger partial charge on any atom is 0.287 e. The number of fused-ring (bicyclic) bond motifs is 1. The van der Waals surface area contributed by atoms with Gasteiger partial charge in [-0.15, -0.1) is 0 Å². The van der Waals surface area contributed by atoms with Crippen molar-refractivity contribution < 1.29 is 14.4 Å². The number of carbonyl (C=O) groups is 3. The van der Waals surface area contributed by atoms with Crippen LogP contribution in [0.3, 0.4) is 0 Å². The van der Waals surface area contributed by atoms with Crippen molar-refractivity contribution in [3.8, 4) is 5.82 Å². The Bertz CT molecular complexity index is 1230. The first-order valence-electron chi connectivity index (χ1n) is 9.19. The summed E-state index contributed by atoms with van der Waals surface area (Å²) in [7, 11) is 0. The minimum absolute atomic E-state index is 0.106. The van der Waals surface area contributed by atoms with E-state index in [-0.39, 0.29) is 12.1 Å². The van der Waals surface area contributed by atoms with Crippen molar-refractivity contribution in [2.24, 2.45) is 5.73 Å². The van der Waals surface area contributed by atoms with Crippen molar-refractivity contribution in [3.05, 3.63) is 78.4 Å². The predicted octanol–water partition coefficient (Wildman–Crippen LogP) is 1.14. The van der Waals surface area contributed by atoms with E-state index < -0.39 is 23.6 Å². The third-order valence-corrected chi connectivity index (χ3v) is 4.71. The van der Waals surface area contributed by atoms with E-state index in [0.717, 1.165) is 16.5 Å². The first kappa shape index (κ1) is 19.1. The number of nitrogens with two attached hydrogens (primary N) is 1. The van der Waals surface area contributed by atoms with Crippen molar-refractivity contribution in [2.45, 2.75) is 12.5 Å². The molecule has 0 saturated heterocycles. The SMILES string of the molecule is NC(=O)C(=O)C(Cc1c[nH]c2ccccc12)NC(=O)c1ccnn1-c1ccccn1. The van der Waals surface area contributed by atoms with Gasteiger partial charge < -0.3 is 16.0 Å². The summed E-state index contributed by atoms with van der Waals surface area (Å²) in [5.41, 5.74) is 7.06. The van der Waals surface area contributed by atoms with Gasteiger partial charge in [-0.05, 0) is 29.8 Å². The molecule has 2 amide bonds. The number of nitrogens with zero attached hydrogens (tertiary/aromatic N) is 3. The highest BCUT2D eigenvalue weighted by Gasteiger charge is 2.28. The lowest BCUT2D eigenvalue weighted by molar-refractivity contribution is -0.137. The molecule has 0 aliphatic rings. The number of nitrogens with one attached hydrogen (secondary N) is 2. The number of ketones is 1. The van der Waals surface area contributed by atoms with Crippen LogP contribution < -0.4 is 11.1 Å². The van der Waals surface area contributed by atoms with Gasteiger partial charge in [0.25, 0.3) is 11.8 Å². The number of hydrogen-bond acceptors (Lipinski definition) is 5. The van der Waals surface area contributed by atoms with Gasteiger partial charge in [0.2, 0.25) is 5.78 Å². The summed E-state index contributed by atoms with van der Waals surface area (Å²) >= 11 is 0. The Balaban J connectivity index is 1.62. The zero-order valence-corrected chi connectivity index (χ0v) is 15.8. The van der Waals surface area contributed by atoms with Crippen molar-refractivity contribution in [1.29, 1.82) is 0 Å². The average Bonchev–Trinajstić information content (AvgIpc) is 3.41. The number of pyridine rings is 1. The molecule has 0 spiro atoms. The molecule has 3 aromatic heterocycles. The second-order valence-corrected chi connectivity index (χ2v) is 6.63. The molecule has 0 aliphatic heterocycles. The highest BCUT2D eigenvalue weighted by molar-refractivity contribution is 6.38. The van der Waals surface area contributed by atoms with Crippen LogP contribution in [-0.4, -0.2) is 43.4 Å². The molecule has 1 atom stereocenters. The van der Waals surface area contributed by atoms with Gasteiger partial charge in [0, 0.05) is 29.7 Å². The molecule has 0 radical (unpaired) electrons. The quantitative estimate of drug-likeness (QED) is 0.398. The maximum absolute atomic E-state index is 12.9. The number of carbonyl (C=O) groups excluding carboxylic acids is 3. The topological polar surface area (TPSA) is 136 Å².